The summed E-state index contributed by atoms with van der Waals surface area (Å²) in [6.07, 6.45) is 0.0676. The maximum Gasteiger partial charge on any atom is 0.410 e. The molecule has 0 radical (unpaired) electrons. The number of carbonyl (C=O) groups is 2. The zero-order valence-corrected chi connectivity index (χ0v) is 11.0. The van der Waals surface area contributed by atoms with E-state index in [9.17, 15) is 9.59 Å². The minimum atomic E-state index is -0.549. The maximum atomic E-state index is 11.7. The van der Waals surface area contributed by atoms with Gasteiger partial charge in [-0.05, 0) is 27.2 Å². The van der Waals surface area contributed by atoms with Crippen LogP contribution in [0.1, 0.15) is 34.1 Å². The summed E-state index contributed by atoms with van der Waals surface area (Å²) in [7, 11) is 3.12. The monoisotopic (exact) mass is 230 g/mol. The van der Waals surface area contributed by atoms with Crippen molar-refractivity contribution in [3.8, 4) is 0 Å². The van der Waals surface area contributed by atoms with Crippen LogP contribution in [0, 0.1) is 0 Å². The highest BCUT2D eigenvalue weighted by atomic mass is 16.6. The van der Waals surface area contributed by atoms with Crippen LogP contribution in [0.3, 0.4) is 0 Å². The van der Waals surface area contributed by atoms with Gasteiger partial charge in [0.1, 0.15) is 11.6 Å². The van der Waals surface area contributed by atoms with Crippen LogP contribution in [0.5, 0.6) is 0 Å². The molecule has 0 fully saturated rings. The molecular weight excluding hydrogens is 208 g/mol. The van der Waals surface area contributed by atoms with Crippen LogP contribution >= 0.6 is 0 Å². The molecule has 0 spiro atoms. The summed E-state index contributed by atoms with van der Waals surface area (Å²) in [5, 5.41) is 2.53. The first-order chi connectivity index (χ1) is 7.22. The molecule has 16 heavy (non-hydrogen) atoms. The topological polar surface area (TPSA) is 58.6 Å². The number of carbonyl (C=O) groups excluding carboxylic acids is 2. The van der Waals surface area contributed by atoms with Gasteiger partial charge in [-0.1, -0.05) is 6.92 Å². The third-order valence-corrected chi connectivity index (χ3v) is 2.08. The van der Waals surface area contributed by atoms with Gasteiger partial charge in [-0.3, -0.25) is 9.69 Å². The molecule has 0 saturated carbocycles. The van der Waals surface area contributed by atoms with E-state index in [1.807, 2.05) is 6.92 Å². The van der Waals surface area contributed by atoms with E-state index >= 15 is 0 Å². The predicted molar refractivity (Wildman–Crippen MR) is 62.1 cm³/mol. The molecule has 0 bridgehead atoms. The van der Waals surface area contributed by atoms with E-state index in [-0.39, 0.29) is 5.91 Å². The largest absolute Gasteiger partial charge is 0.444 e. The van der Waals surface area contributed by atoms with E-state index in [4.69, 9.17) is 4.74 Å². The molecule has 1 N–H and O–H groups in total. The Bertz CT molecular complexity index is 258. The van der Waals surface area contributed by atoms with Crippen LogP contribution in [0.2, 0.25) is 0 Å². The Labute approximate surface area is 97.1 Å². The lowest BCUT2D eigenvalue weighted by Crippen LogP contribution is -2.48. The highest BCUT2D eigenvalue weighted by Crippen LogP contribution is 2.12. The summed E-state index contributed by atoms with van der Waals surface area (Å²) in [6, 6.07) is -0.486. The standard InChI is InChI=1S/C11H22N2O3/c1-7-8(9(14)12-5)13(6)10(15)16-11(2,3)4/h8H,7H2,1-6H3,(H,12,14)/t8-/m1/s1. The molecular formula is C11H22N2O3. The van der Waals surface area contributed by atoms with Crippen molar-refractivity contribution in [3.63, 3.8) is 0 Å². The van der Waals surface area contributed by atoms with Crippen LogP contribution < -0.4 is 5.32 Å². The fourth-order valence-electron chi connectivity index (χ4n) is 1.26. The van der Waals surface area contributed by atoms with Gasteiger partial charge < -0.3 is 10.1 Å². The minimum Gasteiger partial charge on any atom is -0.444 e. The number of rotatable bonds is 3. The van der Waals surface area contributed by atoms with Crippen LogP contribution in [-0.2, 0) is 9.53 Å². The molecule has 0 aromatic rings. The van der Waals surface area contributed by atoms with Crippen LogP contribution in [0.4, 0.5) is 4.79 Å². The first-order valence-corrected chi connectivity index (χ1v) is 5.40. The van der Waals surface area contributed by atoms with Crippen LogP contribution in [0.25, 0.3) is 0 Å². The Morgan fingerprint density at radius 1 is 1.38 bits per heavy atom. The van der Waals surface area contributed by atoms with Crippen LogP contribution in [0.15, 0.2) is 0 Å². The summed E-state index contributed by atoms with van der Waals surface area (Å²) in [6.45, 7) is 7.22. The fourth-order valence-corrected chi connectivity index (χ4v) is 1.26. The van der Waals surface area contributed by atoms with Crippen molar-refractivity contribution < 1.29 is 14.3 Å². The number of nitrogens with one attached hydrogen (secondary N) is 1. The van der Waals surface area contributed by atoms with Gasteiger partial charge in [0.25, 0.3) is 0 Å². The molecule has 94 valence electrons. The molecule has 5 heteroatoms. The third-order valence-electron chi connectivity index (χ3n) is 2.08. The Balaban J connectivity index is 4.57. The zero-order valence-electron chi connectivity index (χ0n) is 11.0. The van der Waals surface area contributed by atoms with Crippen LogP contribution in [-0.4, -0.2) is 42.6 Å². The van der Waals surface area contributed by atoms with E-state index in [1.54, 1.807) is 34.9 Å². The molecule has 0 aliphatic carbocycles. The fraction of sp³-hybridized carbons (Fsp3) is 0.818. The first kappa shape index (κ1) is 14.7. The van der Waals surface area contributed by atoms with E-state index < -0.39 is 17.7 Å². The molecule has 2 amide bonds. The van der Waals surface area contributed by atoms with Gasteiger partial charge in [-0.15, -0.1) is 0 Å². The third kappa shape index (κ3) is 4.51. The van der Waals surface area contributed by atoms with Gasteiger partial charge in [0.05, 0.1) is 0 Å². The van der Waals surface area contributed by atoms with Crippen molar-refractivity contribution >= 4 is 12.0 Å². The van der Waals surface area contributed by atoms with E-state index in [0.29, 0.717) is 6.42 Å². The molecule has 0 rings (SSSR count). The van der Waals surface area contributed by atoms with Crippen molar-refractivity contribution in [2.75, 3.05) is 14.1 Å². The average Bonchev–Trinajstić information content (AvgIpc) is 2.15. The SMILES string of the molecule is CC[C@H](C(=O)NC)N(C)C(=O)OC(C)(C)C. The molecule has 0 saturated heterocycles. The second-order valence-corrected chi connectivity index (χ2v) is 4.63. The lowest BCUT2D eigenvalue weighted by atomic mass is 10.2. The molecule has 0 aromatic heterocycles. The van der Waals surface area contributed by atoms with Crippen molar-refractivity contribution in [1.29, 1.82) is 0 Å². The first-order valence-electron chi connectivity index (χ1n) is 5.40. The van der Waals surface area contributed by atoms with Crippen molar-refractivity contribution in [2.24, 2.45) is 0 Å². The summed E-state index contributed by atoms with van der Waals surface area (Å²) in [4.78, 5) is 24.5. The maximum absolute atomic E-state index is 11.7. The predicted octanol–water partition coefficient (Wildman–Crippen LogP) is 1.38. The minimum absolute atomic E-state index is 0.184. The molecule has 0 aliphatic rings. The quantitative estimate of drug-likeness (QED) is 0.796. The van der Waals surface area contributed by atoms with E-state index in [1.165, 1.54) is 4.90 Å². The number of amides is 2. The Morgan fingerprint density at radius 3 is 2.19 bits per heavy atom. The summed E-state index contributed by atoms with van der Waals surface area (Å²) >= 11 is 0. The number of nitrogens with zero attached hydrogens (tertiary/aromatic N) is 1. The molecule has 0 aromatic carbocycles. The van der Waals surface area contributed by atoms with E-state index in [0.717, 1.165) is 0 Å². The molecule has 0 aliphatic heterocycles. The average molecular weight is 230 g/mol. The number of hydrogen-bond donors (Lipinski definition) is 1. The molecule has 0 unspecified atom stereocenters. The zero-order chi connectivity index (χ0) is 12.9. The van der Waals surface area contributed by atoms with Gasteiger partial charge in [-0.2, -0.15) is 0 Å². The van der Waals surface area contributed by atoms with Gasteiger partial charge in [0.15, 0.2) is 0 Å². The summed E-state index contributed by atoms with van der Waals surface area (Å²) in [5.74, 6) is -0.184. The highest BCUT2D eigenvalue weighted by molar-refractivity contribution is 5.85. The Morgan fingerprint density at radius 2 is 1.88 bits per heavy atom. The number of hydrogen-bond acceptors (Lipinski definition) is 3. The molecule has 1 atom stereocenters. The van der Waals surface area contributed by atoms with Gasteiger partial charge >= 0.3 is 6.09 Å². The van der Waals surface area contributed by atoms with Crippen molar-refractivity contribution in [2.45, 2.75) is 45.8 Å². The van der Waals surface area contributed by atoms with Crippen molar-refractivity contribution in [1.82, 2.24) is 10.2 Å². The normalized spacial score (nSPS) is 12.9. The lowest BCUT2D eigenvalue weighted by molar-refractivity contribution is -0.125. The van der Waals surface area contributed by atoms with Gasteiger partial charge in [0, 0.05) is 14.1 Å². The van der Waals surface area contributed by atoms with Crippen molar-refractivity contribution in [3.05, 3.63) is 0 Å². The summed E-state index contributed by atoms with van der Waals surface area (Å²) < 4.78 is 5.18. The number of likely N-dealkylation sites (N-methyl/N-ethyl adjacent to an activating group) is 2. The molecule has 5 nitrogen and oxygen atoms in total. The highest BCUT2D eigenvalue weighted by Gasteiger charge is 2.28. The lowest BCUT2D eigenvalue weighted by Gasteiger charge is -2.29. The Hall–Kier alpha value is -1.26. The smallest absolute Gasteiger partial charge is 0.410 e. The van der Waals surface area contributed by atoms with Gasteiger partial charge in [0.2, 0.25) is 5.91 Å². The summed E-state index contributed by atoms with van der Waals surface area (Å²) in [5.41, 5.74) is -0.549. The number of ether oxygens (including phenoxy) is 1. The van der Waals surface area contributed by atoms with E-state index in [2.05, 4.69) is 5.32 Å². The molecule has 0 heterocycles. The second-order valence-electron chi connectivity index (χ2n) is 4.63. The van der Waals surface area contributed by atoms with Gasteiger partial charge in [-0.25, -0.2) is 4.79 Å². The Kier molecular flexibility index (Phi) is 5.27. The second kappa shape index (κ2) is 5.72.